The van der Waals surface area contributed by atoms with Gasteiger partial charge < -0.3 is 9.84 Å². The van der Waals surface area contributed by atoms with Crippen LogP contribution in [0.15, 0.2) is 42.5 Å². The van der Waals surface area contributed by atoms with Crippen LogP contribution in [0.3, 0.4) is 0 Å². The molecule has 0 radical (unpaired) electrons. The van der Waals surface area contributed by atoms with Gasteiger partial charge in [-0.25, -0.2) is 9.78 Å². The Balaban J connectivity index is 2.25. The average molecular weight is 361 g/mol. The lowest BCUT2D eigenvalue weighted by Gasteiger charge is -2.12. The van der Waals surface area contributed by atoms with Gasteiger partial charge in [-0.1, -0.05) is 0 Å². The van der Waals surface area contributed by atoms with Crippen molar-refractivity contribution >= 4 is 16.9 Å². The molecule has 3 aromatic rings. The fraction of sp³-hybridized carbons (Fsp3) is 0.158. The zero-order valence-corrected chi connectivity index (χ0v) is 13.9. The maximum Gasteiger partial charge on any atom is 0.416 e. The molecular weight excluding hydrogens is 347 g/mol. The molecule has 1 aromatic heterocycles. The first-order valence-electron chi connectivity index (χ1n) is 7.61. The van der Waals surface area contributed by atoms with Crippen molar-refractivity contribution in [2.75, 3.05) is 7.11 Å². The van der Waals surface area contributed by atoms with Crippen LogP contribution < -0.4 is 4.74 Å². The van der Waals surface area contributed by atoms with Crippen LogP contribution in [0.25, 0.3) is 22.2 Å². The second-order valence-corrected chi connectivity index (χ2v) is 5.77. The van der Waals surface area contributed by atoms with Crippen LogP contribution in [0.5, 0.6) is 5.75 Å². The van der Waals surface area contributed by atoms with E-state index >= 15 is 0 Å². The lowest BCUT2D eigenvalue weighted by Crippen LogP contribution is -2.06. The Hall–Kier alpha value is -3.09. The minimum absolute atomic E-state index is 0.0535. The number of nitrogens with zero attached hydrogens (tertiary/aromatic N) is 1. The zero-order valence-electron chi connectivity index (χ0n) is 13.9. The maximum atomic E-state index is 12.9. The molecule has 0 spiro atoms. The van der Waals surface area contributed by atoms with Crippen LogP contribution in [0.1, 0.15) is 21.5 Å². The highest BCUT2D eigenvalue weighted by Crippen LogP contribution is 2.34. The van der Waals surface area contributed by atoms with Crippen LogP contribution in [-0.2, 0) is 6.18 Å². The van der Waals surface area contributed by atoms with Crippen molar-refractivity contribution in [1.82, 2.24) is 4.98 Å². The third-order valence-electron chi connectivity index (χ3n) is 4.08. The molecule has 0 aliphatic rings. The number of aromatic carboxylic acids is 1. The first-order valence-corrected chi connectivity index (χ1v) is 7.61. The number of carbonyl (C=O) groups is 1. The number of methoxy groups -OCH3 is 1. The third kappa shape index (κ3) is 3.20. The molecular formula is C19H14F3NO3. The predicted molar refractivity (Wildman–Crippen MR) is 90.4 cm³/mol. The van der Waals surface area contributed by atoms with Crippen LogP contribution in [-0.4, -0.2) is 23.2 Å². The largest absolute Gasteiger partial charge is 0.497 e. The van der Waals surface area contributed by atoms with E-state index in [-0.39, 0.29) is 16.5 Å². The van der Waals surface area contributed by atoms with Gasteiger partial charge in [0.25, 0.3) is 0 Å². The van der Waals surface area contributed by atoms with E-state index in [2.05, 4.69) is 4.98 Å². The van der Waals surface area contributed by atoms with Gasteiger partial charge in [-0.15, -0.1) is 0 Å². The number of halogens is 3. The highest BCUT2D eigenvalue weighted by atomic mass is 19.4. The lowest BCUT2D eigenvalue weighted by atomic mass is 9.99. The van der Waals surface area contributed by atoms with Crippen LogP contribution >= 0.6 is 0 Å². The maximum absolute atomic E-state index is 12.9. The number of pyridine rings is 1. The third-order valence-corrected chi connectivity index (χ3v) is 4.08. The second kappa shape index (κ2) is 6.33. The van der Waals surface area contributed by atoms with E-state index in [1.807, 2.05) is 6.92 Å². The van der Waals surface area contributed by atoms with Crippen molar-refractivity contribution in [1.29, 1.82) is 0 Å². The number of carboxylic acid groups (broad SMARTS) is 1. The Kier molecular flexibility index (Phi) is 4.31. The molecule has 4 nitrogen and oxygen atoms in total. The summed E-state index contributed by atoms with van der Waals surface area (Å²) in [6.45, 7) is 1.82. The summed E-state index contributed by atoms with van der Waals surface area (Å²) in [5.74, 6) is -0.676. The molecule has 0 amide bonds. The highest BCUT2D eigenvalue weighted by Gasteiger charge is 2.31. The summed E-state index contributed by atoms with van der Waals surface area (Å²) in [5, 5.41) is 9.42. The van der Waals surface area contributed by atoms with Gasteiger partial charge in [-0.2, -0.15) is 13.2 Å². The first-order chi connectivity index (χ1) is 12.2. The van der Waals surface area contributed by atoms with Gasteiger partial charge in [0, 0.05) is 10.9 Å². The van der Waals surface area contributed by atoms with Gasteiger partial charge in [0.15, 0.2) is 0 Å². The monoisotopic (exact) mass is 361 g/mol. The molecule has 26 heavy (non-hydrogen) atoms. The molecule has 1 heterocycles. The van der Waals surface area contributed by atoms with E-state index in [0.29, 0.717) is 17.0 Å². The molecule has 0 aliphatic heterocycles. The number of carboxylic acids is 1. The molecule has 2 aromatic carbocycles. The van der Waals surface area contributed by atoms with E-state index in [1.165, 1.54) is 19.2 Å². The number of alkyl halides is 3. The SMILES string of the molecule is COc1ccc(-c2cc(C(=O)O)c3cc(C(F)(F)F)ccc3n2)c(C)c1. The van der Waals surface area contributed by atoms with Gasteiger partial charge in [0.05, 0.1) is 29.4 Å². The number of aryl methyl sites for hydroxylation is 1. The molecule has 134 valence electrons. The van der Waals surface area contributed by atoms with Crippen LogP contribution in [0, 0.1) is 6.92 Å². The van der Waals surface area contributed by atoms with Crippen molar-refractivity contribution in [3.05, 3.63) is 59.2 Å². The number of hydrogen-bond acceptors (Lipinski definition) is 3. The Labute approximate surface area is 146 Å². The smallest absolute Gasteiger partial charge is 0.416 e. The van der Waals surface area contributed by atoms with Gasteiger partial charge >= 0.3 is 12.1 Å². The summed E-state index contributed by atoms with van der Waals surface area (Å²) >= 11 is 0. The van der Waals surface area contributed by atoms with Crippen LogP contribution in [0.2, 0.25) is 0 Å². The molecule has 0 fully saturated rings. The number of aromatic nitrogens is 1. The average Bonchev–Trinajstić information content (AvgIpc) is 2.59. The molecule has 0 saturated heterocycles. The van der Waals surface area contributed by atoms with Gasteiger partial charge in [-0.05, 0) is 55.0 Å². The normalized spacial score (nSPS) is 11.6. The summed E-state index contributed by atoms with van der Waals surface area (Å²) in [5.41, 5.74) is 0.890. The van der Waals surface area contributed by atoms with Crippen molar-refractivity contribution in [2.24, 2.45) is 0 Å². The topological polar surface area (TPSA) is 59.4 Å². The quantitative estimate of drug-likeness (QED) is 0.718. The molecule has 0 unspecified atom stereocenters. The summed E-state index contributed by atoms with van der Waals surface area (Å²) < 4.78 is 44.0. The number of benzene rings is 2. The van der Waals surface area contributed by atoms with Gasteiger partial charge in [0.1, 0.15) is 5.75 Å². The molecule has 1 N–H and O–H groups in total. The van der Waals surface area contributed by atoms with Crippen LogP contribution in [0.4, 0.5) is 13.2 Å². The Bertz CT molecular complexity index is 1010. The van der Waals surface area contributed by atoms with E-state index in [0.717, 1.165) is 17.7 Å². The number of fused-ring (bicyclic) bond motifs is 1. The summed E-state index contributed by atoms with van der Waals surface area (Å²) in [6, 6.07) is 9.41. The fourth-order valence-electron chi connectivity index (χ4n) is 2.77. The molecule has 0 atom stereocenters. The Morgan fingerprint density at radius 1 is 1.12 bits per heavy atom. The van der Waals surface area contributed by atoms with E-state index in [9.17, 15) is 23.1 Å². The van der Waals surface area contributed by atoms with E-state index in [4.69, 9.17) is 4.74 Å². The molecule has 7 heteroatoms. The van der Waals surface area contributed by atoms with Gasteiger partial charge in [0.2, 0.25) is 0 Å². The molecule has 3 rings (SSSR count). The zero-order chi connectivity index (χ0) is 19.1. The minimum atomic E-state index is -4.56. The standard InChI is InChI=1S/C19H14F3NO3/c1-10-7-12(26-2)4-5-13(10)17-9-15(18(24)25)14-8-11(19(20,21)22)3-6-16(14)23-17/h3-9H,1-2H3,(H,24,25). The second-order valence-electron chi connectivity index (χ2n) is 5.77. The minimum Gasteiger partial charge on any atom is -0.497 e. The van der Waals surface area contributed by atoms with Gasteiger partial charge in [-0.3, -0.25) is 0 Å². The van der Waals surface area contributed by atoms with Crippen molar-refractivity contribution in [2.45, 2.75) is 13.1 Å². The molecule has 0 saturated carbocycles. The molecule has 0 aliphatic carbocycles. The van der Waals surface area contributed by atoms with E-state index < -0.39 is 17.7 Å². The van der Waals surface area contributed by atoms with Crippen molar-refractivity contribution in [3.63, 3.8) is 0 Å². The lowest BCUT2D eigenvalue weighted by molar-refractivity contribution is -0.137. The number of rotatable bonds is 3. The summed E-state index contributed by atoms with van der Waals surface area (Å²) in [7, 11) is 1.53. The predicted octanol–water partition coefficient (Wildman–Crippen LogP) is 4.94. The first kappa shape index (κ1) is 17.7. The fourth-order valence-corrected chi connectivity index (χ4v) is 2.77. The summed E-state index contributed by atoms with van der Waals surface area (Å²) in [4.78, 5) is 16.0. The number of hydrogen-bond donors (Lipinski definition) is 1. The van der Waals surface area contributed by atoms with Crippen molar-refractivity contribution < 1.29 is 27.8 Å². The Morgan fingerprint density at radius 3 is 2.42 bits per heavy atom. The summed E-state index contributed by atoms with van der Waals surface area (Å²) in [6.07, 6.45) is -4.56. The number of ether oxygens (including phenoxy) is 1. The Morgan fingerprint density at radius 2 is 1.85 bits per heavy atom. The molecule has 0 bridgehead atoms. The van der Waals surface area contributed by atoms with Crippen molar-refractivity contribution in [3.8, 4) is 17.0 Å². The highest BCUT2D eigenvalue weighted by molar-refractivity contribution is 6.04. The van der Waals surface area contributed by atoms with E-state index in [1.54, 1.807) is 18.2 Å².